The second kappa shape index (κ2) is 5.76. The van der Waals surface area contributed by atoms with Crippen LogP contribution in [0.25, 0.3) is 0 Å². The number of nitrogens with two attached hydrogens (primary N) is 1. The largest absolute Gasteiger partial charge is 0.388 e. The lowest BCUT2D eigenvalue weighted by molar-refractivity contribution is -0.119. The zero-order chi connectivity index (χ0) is 13.0. The molecule has 0 aliphatic rings. The number of halogens is 1. The highest BCUT2D eigenvalue weighted by Gasteiger charge is 2.21. The molecule has 7 nitrogen and oxygen atoms in total. The maximum absolute atomic E-state index is 10.6. The summed E-state index contributed by atoms with van der Waals surface area (Å²) < 4.78 is 0. The fourth-order valence-electron chi connectivity index (χ4n) is 1.09. The summed E-state index contributed by atoms with van der Waals surface area (Å²) in [4.78, 5) is 18.1. The zero-order valence-electron chi connectivity index (χ0n) is 9.09. The van der Waals surface area contributed by atoms with Crippen LogP contribution in [0.4, 0.5) is 5.82 Å². The molecule has 0 saturated heterocycles. The van der Waals surface area contributed by atoms with Crippen LogP contribution in [0.2, 0.25) is 5.15 Å². The van der Waals surface area contributed by atoms with E-state index in [0.29, 0.717) is 0 Å². The fraction of sp³-hybridized carbons (Fsp3) is 0.444. The van der Waals surface area contributed by atoms with Gasteiger partial charge in [-0.25, -0.2) is 9.97 Å². The van der Waals surface area contributed by atoms with Crippen LogP contribution in [0, 0.1) is 0 Å². The maximum atomic E-state index is 10.6. The predicted octanol–water partition coefficient (Wildman–Crippen LogP) is -0.757. The van der Waals surface area contributed by atoms with E-state index in [1.165, 1.54) is 13.1 Å². The van der Waals surface area contributed by atoms with E-state index in [-0.39, 0.29) is 29.1 Å². The van der Waals surface area contributed by atoms with Gasteiger partial charge in [0.05, 0.1) is 11.9 Å². The minimum Gasteiger partial charge on any atom is -0.388 e. The molecular weight excluding hydrogens is 248 g/mol. The van der Waals surface area contributed by atoms with Crippen molar-refractivity contribution in [1.29, 1.82) is 0 Å². The number of hydrogen-bond donors (Lipinski definition) is 4. The average molecular weight is 261 g/mol. The van der Waals surface area contributed by atoms with E-state index in [4.69, 9.17) is 17.3 Å². The molecule has 5 N–H and O–H groups in total. The summed E-state index contributed by atoms with van der Waals surface area (Å²) in [6.07, 6.45) is -1.29. The highest BCUT2D eigenvalue weighted by Crippen LogP contribution is 2.18. The summed E-state index contributed by atoms with van der Waals surface area (Å²) >= 11 is 5.63. The molecule has 94 valence electrons. The molecule has 0 saturated carbocycles. The Kier molecular flexibility index (Phi) is 4.62. The molecule has 0 aromatic carbocycles. The molecule has 0 radical (unpaired) electrons. The van der Waals surface area contributed by atoms with Crippen molar-refractivity contribution in [2.45, 2.75) is 19.1 Å². The minimum atomic E-state index is -1.30. The third kappa shape index (κ3) is 3.81. The van der Waals surface area contributed by atoms with Crippen LogP contribution in [0.1, 0.15) is 18.7 Å². The molecule has 1 heterocycles. The van der Waals surface area contributed by atoms with E-state index < -0.39 is 12.2 Å². The van der Waals surface area contributed by atoms with E-state index in [1.807, 2.05) is 0 Å². The van der Waals surface area contributed by atoms with E-state index in [1.54, 1.807) is 0 Å². The van der Waals surface area contributed by atoms with Crippen molar-refractivity contribution in [1.82, 2.24) is 15.3 Å². The monoisotopic (exact) mass is 260 g/mol. The number of nitrogens with zero attached hydrogens (tertiary/aromatic N) is 2. The molecule has 8 heteroatoms. The Labute approximate surface area is 103 Å². The van der Waals surface area contributed by atoms with Gasteiger partial charge in [-0.1, -0.05) is 11.6 Å². The number of hydrogen-bond acceptors (Lipinski definition) is 6. The number of carbonyl (C=O) groups is 1. The Hall–Kier alpha value is -1.44. The van der Waals surface area contributed by atoms with Gasteiger partial charge in [-0.15, -0.1) is 0 Å². The van der Waals surface area contributed by atoms with Crippen LogP contribution in [0.15, 0.2) is 6.20 Å². The van der Waals surface area contributed by atoms with Gasteiger partial charge in [-0.2, -0.15) is 0 Å². The molecule has 1 aromatic heterocycles. The summed E-state index contributed by atoms with van der Waals surface area (Å²) in [5, 5.41) is 21.6. The first-order chi connectivity index (χ1) is 7.91. The normalized spacial score (nSPS) is 14.1. The van der Waals surface area contributed by atoms with Gasteiger partial charge in [0.1, 0.15) is 12.2 Å². The van der Waals surface area contributed by atoms with Gasteiger partial charge in [-0.05, 0) is 0 Å². The first-order valence-corrected chi connectivity index (χ1v) is 5.18. The second-order valence-corrected chi connectivity index (χ2v) is 3.78. The summed E-state index contributed by atoms with van der Waals surface area (Å²) in [5.74, 6) is -0.267. The quantitative estimate of drug-likeness (QED) is 0.565. The standard InChI is InChI=1S/C9H13ClN4O3/c1-4(15)12-3-6(16)7(17)5-2-13-9(11)8(10)14-5/h2,6-7,16-17H,3H2,1H3,(H2,11,13)(H,12,15). The Morgan fingerprint density at radius 2 is 2.29 bits per heavy atom. The highest BCUT2D eigenvalue weighted by molar-refractivity contribution is 6.31. The molecule has 0 fully saturated rings. The molecule has 0 spiro atoms. The molecule has 1 aromatic rings. The van der Waals surface area contributed by atoms with Crippen molar-refractivity contribution in [3.8, 4) is 0 Å². The number of rotatable bonds is 4. The number of anilines is 1. The van der Waals surface area contributed by atoms with Gasteiger partial charge in [0.2, 0.25) is 5.91 Å². The second-order valence-electron chi connectivity index (χ2n) is 3.42. The summed E-state index contributed by atoms with van der Waals surface area (Å²) in [5.41, 5.74) is 5.44. The molecule has 17 heavy (non-hydrogen) atoms. The molecule has 2 atom stereocenters. The molecule has 0 aliphatic carbocycles. The van der Waals surface area contributed by atoms with Crippen LogP contribution in [0.3, 0.4) is 0 Å². The van der Waals surface area contributed by atoms with Crippen molar-refractivity contribution in [3.05, 3.63) is 17.0 Å². The van der Waals surface area contributed by atoms with Gasteiger partial charge in [-0.3, -0.25) is 4.79 Å². The van der Waals surface area contributed by atoms with Crippen molar-refractivity contribution in [2.24, 2.45) is 0 Å². The summed E-state index contributed by atoms with van der Waals surface area (Å²) in [6, 6.07) is 0. The number of amides is 1. The SMILES string of the molecule is CC(=O)NCC(O)C(O)c1cnc(N)c(Cl)n1. The van der Waals surface area contributed by atoms with E-state index in [0.717, 1.165) is 0 Å². The number of aromatic nitrogens is 2. The molecule has 2 unspecified atom stereocenters. The predicted molar refractivity (Wildman–Crippen MR) is 61.1 cm³/mol. The van der Waals surface area contributed by atoms with Gasteiger partial charge in [0.25, 0.3) is 0 Å². The third-order valence-electron chi connectivity index (χ3n) is 2.00. The molecule has 1 amide bonds. The molecule has 0 aliphatic heterocycles. The van der Waals surface area contributed by atoms with Gasteiger partial charge in [0.15, 0.2) is 11.0 Å². The zero-order valence-corrected chi connectivity index (χ0v) is 9.85. The van der Waals surface area contributed by atoms with Crippen LogP contribution in [-0.4, -0.2) is 38.7 Å². The van der Waals surface area contributed by atoms with E-state index >= 15 is 0 Å². The lowest BCUT2D eigenvalue weighted by Crippen LogP contribution is -2.34. The minimum absolute atomic E-state index is 0.0407. The third-order valence-corrected chi connectivity index (χ3v) is 2.28. The first-order valence-electron chi connectivity index (χ1n) is 4.80. The Morgan fingerprint density at radius 3 is 2.82 bits per heavy atom. The highest BCUT2D eigenvalue weighted by atomic mass is 35.5. The van der Waals surface area contributed by atoms with Crippen molar-refractivity contribution in [3.63, 3.8) is 0 Å². The van der Waals surface area contributed by atoms with Gasteiger partial charge >= 0.3 is 0 Å². The van der Waals surface area contributed by atoms with E-state index in [2.05, 4.69) is 15.3 Å². The molecule has 1 rings (SSSR count). The van der Waals surface area contributed by atoms with Crippen molar-refractivity contribution in [2.75, 3.05) is 12.3 Å². The number of nitrogens with one attached hydrogen (secondary N) is 1. The van der Waals surface area contributed by atoms with Gasteiger partial charge < -0.3 is 21.3 Å². The number of nitrogen functional groups attached to an aromatic ring is 1. The van der Waals surface area contributed by atoms with E-state index in [9.17, 15) is 15.0 Å². The fourth-order valence-corrected chi connectivity index (χ4v) is 1.23. The Bertz CT molecular complexity index is 415. The number of aliphatic hydroxyl groups is 2. The van der Waals surface area contributed by atoms with Crippen LogP contribution in [-0.2, 0) is 4.79 Å². The average Bonchev–Trinajstić information content (AvgIpc) is 2.28. The Morgan fingerprint density at radius 1 is 1.65 bits per heavy atom. The molecular formula is C9H13ClN4O3. The lowest BCUT2D eigenvalue weighted by atomic mass is 10.1. The van der Waals surface area contributed by atoms with Gasteiger partial charge in [0, 0.05) is 13.5 Å². The van der Waals surface area contributed by atoms with Crippen LogP contribution in [0.5, 0.6) is 0 Å². The first kappa shape index (κ1) is 13.6. The lowest BCUT2D eigenvalue weighted by Gasteiger charge is -2.17. The Balaban J connectivity index is 2.70. The topological polar surface area (TPSA) is 121 Å². The van der Waals surface area contributed by atoms with Crippen molar-refractivity contribution < 1.29 is 15.0 Å². The van der Waals surface area contributed by atoms with Crippen molar-refractivity contribution >= 4 is 23.3 Å². The number of aliphatic hydroxyl groups excluding tert-OH is 2. The van der Waals surface area contributed by atoms with Crippen LogP contribution < -0.4 is 11.1 Å². The number of carbonyl (C=O) groups excluding carboxylic acids is 1. The van der Waals surface area contributed by atoms with Crippen LogP contribution >= 0.6 is 11.6 Å². The molecule has 0 bridgehead atoms. The maximum Gasteiger partial charge on any atom is 0.216 e. The smallest absolute Gasteiger partial charge is 0.216 e. The summed E-state index contributed by atoms with van der Waals surface area (Å²) in [6.45, 7) is 1.21. The summed E-state index contributed by atoms with van der Waals surface area (Å²) in [7, 11) is 0.